The first kappa shape index (κ1) is 65.9. The summed E-state index contributed by atoms with van der Waals surface area (Å²) in [6.45, 7) is 5.22. The molecule has 0 aliphatic heterocycles. The summed E-state index contributed by atoms with van der Waals surface area (Å²) in [7, 11) is -11.4. The zero-order valence-corrected chi connectivity index (χ0v) is 44.9. The second-order valence-electron chi connectivity index (χ2n) is 16.9. The van der Waals surface area contributed by atoms with Crippen LogP contribution < -0.4 is 4.74 Å². The van der Waals surface area contributed by atoms with Crippen LogP contribution in [0.2, 0.25) is 0 Å². The van der Waals surface area contributed by atoms with Crippen LogP contribution in [0.1, 0.15) is 67.2 Å². The molecule has 0 radical (unpaired) electrons. The van der Waals surface area contributed by atoms with Gasteiger partial charge in [0.25, 0.3) is 0 Å². The molecule has 0 saturated heterocycles. The predicted molar refractivity (Wildman–Crippen MR) is 243 cm³/mol. The Morgan fingerprint density at radius 3 is 1.66 bits per heavy atom. The number of benzene rings is 1. The van der Waals surface area contributed by atoms with Crippen molar-refractivity contribution < 1.29 is 119 Å². The number of rotatable bonds is 34. The molecule has 0 aromatic heterocycles. The number of hydrogen-bond acceptors (Lipinski definition) is 21. The zero-order valence-electron chi connectivity index (χ0n) is 39.9. The lowest BCUT2D eigenvalue weighted by atomic mass is 9.64. The molecule has 0 fully saturated rings. The molecule has 1 aromatic carbocycles. The lowest BCUT2D eigenvalue weighted by molar-refractivity contribution is -0.169. The molecule has 1 rings (SSSR count). The summed E-state index contributed by atoms with van der Waals surface area (Å²) in [4.78, 5) is 76.1. The molecule has 4 unspecified atom stereocenters. The number of phosphoric ester groups is 1. The van der Waals surface area contributed by atoms with Crippen molar-refractivity contribution in [1.29, 1.82) is 0 Å². The van der Waals surface area contributed by atoms with Crippen molar-refractivity contribution in [3.8, 4) is 5.75 Å². The number of alkyl halides is 1. The maximum absolute atomic E-state index is 14.2. The fourth-order valence-electron chi connectivity index (χ4n) is 6.63. The summed E-state index contributed by atoms with van der Waals surface area (Å²) in [5.41, 5.74) is -5.14. The molecule has 0 bridgehead atoms. The van der Waals surface area contributed by atoms with Crippen LogP contribution in [0, 0.1) is 39.5 Å². The van der Waals surface area contributed by atoms with Gasteiger partial charge in [-0.1, -0.05) is 15.9 Å². The monoisotopic (exact) mass is 1180 g/mol. The predicted octanol–water partition coefficient (Wildman–Crippen LogP) is 4.61. The quantitative estimate of drug-likeness (QED) is 0.00811. The smallest absolute Gasteiger partial charge is 0.466 e. The van der Waals surface area contributed by atoms with Crippen molar-refractivity contribution in [3.63, 3.8) is 0 Å². The van der Waals surface area contributed by atoms with Gasteiger partial charge in [0, 0.05) is 12.3 Å². The Bertz CT molecular complexity index is 2270. The SMILES string of the molecule is CCOC(=O)C(C)(C)CC(C)(CC(C)(CC(C)(Br)C(=O)OCCOCCOCCC(=O)Oc1c(F)c(F)c(S(=O)(=O)O)c(F)c1F)C(=O)OCCSS(=O)(=O)O)C(=O)OCCOP(=O)(O)OCCN(C)C. The molecule has 4 atom stereocenters. The molecule has 0 saturated carbocycles. The molecule has 71 heavy (non-hydrogen) atoms. The van der Waals surface area contributed by atoms with Crippen LogP contribution >= 0.6 is 34.5 Å². The number of carbonyl (C=O) groups excluding carboxylic acids is 5. The van der Waals surface area contributed by atoms with Gasteiger partial charge in [-0.2, -0.15) is 25.6 Å². The number of hydrogen-bond donors (Lipinski definition) is 3. The number of likely N-dealkylation sites (N-methyl/N-ethyl adjacent to an activating group) is 1. The molecule has 0 heterocycles. The van der Waals surface area contributed by atoms with E-state index in [9.17, 15) is 67.8 Å². The number of phosphoric acid groups is 1. The molecule has 3 N–H and O–H groups in total. The Balaban J connectivity index is 3.11. The average molecular weight is 1180 g/mol. The minimum atomic E-state index is -5.74. The summed E-state index contributed by atoms with van der Waals surface area (Å²) < 4.78 is 176. The van der Waals surface area contributed by atoms with Gasteiger partial charge < -0.3 is 43.0 Å². The van der Waals surface area contributed by atoms with Gasteiger partial charge in [-0.05, 0) is 85.7 Å². The van der Waals surface area contributed by atoms with Crippen LogP contribution in [0.5, 0.6) is 5.75 Å². The minimum Gasteiger partial charge on any atom is -0.466 e. The highest BCUT2D eigenvalue weighted by Gasteiger charge is 2.53. The molecule has 0 aliphatic rings. The van der Waals surface area contributed by atoms with Crippen LogP contribution in [0.3, 0.4) is 0 Å². The maximum Gasteiger partial charge on any atom is 0.472 e. The number of ether oxygens (including phenoxy) is 7. The van der Waals surface area contributed by atoms with E-state index in [-0.39, 0.29) is 56.8 Å². The zero-order chi connectivity index (χ0) is 54.8. The summed E-state index contributed by atoms with van der Waals surface area (Å²) in [6, 6.07) is 0. The van der Waals surface area contributed by atoms with E-state index in [0.29, 0.717) is 0 Å². The van der Waals surface area contributed by atoms with Crippen LogP contribution in [0.25, 0.3) is 0 Å². The number of carbonyl (C=O) groups is 5. The van der Waals surface area contributed by atoms with Crippen LogP contribution in [0.4, 0.5) is 17.6 Å². The van der Waals surface area contributed by atoms with Crippen molar-refractivity contribution in [2.75, 3.05) is 92.5 Å². The fraction of sp³-hybridized carbons (Fsp3) is 0.718. The topological polar surface area (TPSA) is 318 Å². The van der Waals surface area contributed by atoms with Crippen molar-refractivity contribution in [3.05, 3.63) is 23.3 Å². The molecule has 0 aliphatic carbocycles. The van der Waals surface area contributed by atoms with Crippen molar-refractivity contribution >= 4 is 83.7 Å². The van der Waals surface area contributed by atoms with E-state index in [1.165, 1.54) is 34.6 Å². The Labute approximate surface area is 420 Å². The van der Waals surface area contributed by atoms with Gasteiger partial charge in [0.15, 0.2) is 16.5 Å². The van der Waals surface area contributed by atoms with Gasteiger partial charge >= 0.3 is 56.9 Å². The Kier molecular flexibility index (Phi) is 26.5. The lowest BCUT2D eigenvalue weighted by Crippen LogP contribution is -2.48. The highest BCUT2D eigenvalue weighted by Crippen LogP contribution is 2.49. The molecular formula is C39H59BrF4NO22PS3. The molecule has 0 spiro atoms. The minimum absolute atomic E-state index is 0.0279. The summed E-state index contributed by atoms with van der Waals surface area (Å²) in [5.74, 6) is -17.5. The summed E-state index contributed by atoms with van der Waals surface area (Å²) in [5, 5.41) is 0. The number of halogens is 5. The van der Waals surface area contributed by atoms with E-state index < -0.39 is 169 Å². The highest BCUT2D eigenvalue weighted by molar-refractivity contribution is 9.10. The highest BCUT2D eigenvalue weighted by atomic mass is 79.9. The second-order valence-corrected chi connectivity index (χ2v) is 24.9. The van der Waals surface area contributed by atoms with E-state index in [4.69, 9.17) is 46.6 Å². The molecule has 0 amide bonds. The lowest BCUT2D eigenvalue weighted by Gasteiger charge is -2.41. The fourth-order valence-corrected chi connectivity index (χ4v) is 9.89. The van der Waals surface area contributed by atoms with Crippen molar-refractivity contribution in [2.24, 2.45) is 16.2 Å². The second kappa shape index (κ2) is 28.6. The van der Waals surface area contributed by atoms with E-state index in [2.05, 4.69) is 20.7 Å². The molecular weight excluding hydrogens is 1120 g/mol. The normalized spacial score (nSPS) is 15.7. The third-order valence-corrected chi connectivity index (χ3v) is 13.9. The first-order valence-corrected chi connectivity index (χ1v) is 27.6. The van der Waals surface area contributed by atoms with E-state index in [1.54, 1.807) is 25.9 Å². The van der Waals surface area contributed by atoms with E-state index >= 15 is 0 Å². The van der Waals surface area contributed by atoms with E-state index in [0.717, 1.165) is 0 Å². The van der Waals surface area contributed by atoms with E-state index in [1.807, 2.05) is 0 Å². The van der Waals surface area contributed by atoms with Crippen molar-refractivity contribution in [2.45, 2.75) is 76.4 Å². The van der Waals surface area contributed by atoms with Gasteiger partial charge in [-0.15, -0.1) is 0 Å². The van der Waals surface area contributed by atoms with Gasteiger partial charge in [0.2, 0.25) is 17.4 Å². The standard InChI is InChI=1S/C39H59BrF4NO22PS3/c1-9-61-32(47)36(2,3)22-37(4,33(48)62-18-19-66-68(51,52)65-13-11-45(7)8)23-38(5,34(49)64-20-21-69-71(56,57)58)24-39(6,40)35(50)63-17-16-60-15-14-59-12-10-25(46)67-30-26(41)28(43)31(70(53,54)55)29(44)27(30)42/h9-24H2,1-8H3,(H,51,52)(H,53,54,55)(H,56,57,58). The average Bonchev–Trinajstić information content (AvgIpc) is 3.22. The maximum atomic E-state index is 14.2. The molecule has 32 heteroatoms. The van der Waals surface area contributed by atoms with Gasteiger partial charge in [0.1, 0.15) is 24.1 Å². The van der Waals surface area contributed by atoms with Crippen LogP contribution in [0.15, 0.2) is 4.90 Å². The Morgan fingerprint density at radius 2 is 1.14 bits per heavy atom. The van der Waals surface area contributed by atoms with Gasteiger partial charge in [-0.25, -0.2) is 13.3 Å². The largest absolute Gasteiger partial charge is 0.472 e. The number of nitrogens with zero attached hydrogens (tertiary/aromatic N) is 1. The van der Waals surface area contributed by atoms with Crippen molar-refractivity contribution in [1.82, 2.24) is 4.90 Å². The third kappa shape index (κ3) is 22.9. The first-order chi connectivity index (χ1) is 32.4. The van der Waals surface area contributed by atoms with Gasteiger partial charge in [0.05, 0.1) is 68.9 Å². The Morgan fingerprint density at radius 1 is 0.662 bits per heavy atom. The Hall–Kier alpha value is -3.07. The van der Waals surface area contributed by atoms with Gasteiger partial charge in [-0.3, -0.25) is 42.1 Å². The molecule has 410 valence electrons. The molecule has 1 aromatic rings. The third-order valence-electron chi connectivity index (χ3n) is 9.43. The summed E-state index contributed by atoms with van der Waals surface area (Å²) in [6.07, 6.45) is -2.10. The van der Waals surface area contributed by atoms with Crippen LogP contribution in [-0.2, 0) is 85.3 Å². The molecule has 23 nitrogen and oxygen atoms in total. The van der Waals surface area contributed by atoms with Crippen LogP contribution in [-0.4, -0.2) is 162 Å². The summed E-state index contributed by atoms with van der Waals surface area (Å²) >= 11 is 3.29. The number of esters is 5. The first-order valence-electron chi connectivity index (χ1n) is 20.9.